The maximum atomic E-state index is 14.5. The third-order valence-electron chi connectivity index (χ3n) is 6.16. The lowest BCUT2D eigenvalue weighted by Gasteiger charge is -2.18. The molecule has 3 nitrogen and oxygen atoms in total. The van der Waals surface area contributed by atoms with E-state index >= 15 is 0 Å². The number of benzene rings is 3. The molecule has 1 heterocycles. The molecule has 3 aromatic carbocycles. The van der Waals surface area contributed by atoms with Crippen LogP contribution in [-0.4, -0.2) is 10.8 Å². The van der Waals surface area contributed by atoms with Gasteiger partial charge in [-0.2, -0.15) is 18.4 Å². The molecule has 4 aromatic rings. The molecular formula is C29H21F5N2OS. The highest BCUT2D eigenvalue weighted by atomic mass is 32.2. The van der Waals surface area contributed by atoms with Gasteiger partial charge in [0.05, 0.1) is 17.8 Å². The molecule has 0 saturated carbocycles. The second kappa shape index (κ2) is 10.8. The minimum Gasteiger partial charge on any atom is -0.303 e. The Bertz CT molecular complexity index is 1600. The van der Waals surface area contributed by atoms with Gasteiger partial charge in [-0.25, -0.2) is 8.78 Å². The summed E-state index contributed by atoms with van der Waals surface area (Å²) in [4.78, 5) is 14.2. The third-order valence-corrected chi connectivity index (χ3v) is 6.87. The fourth-order valence-corrected chi connectivity index (χ4v) is 4.72. The van der Waals surface area contributed by atoms with E-state index in [1.165, 1.54) is 6.07 Å². The summed E-state index contributed by atoms with van der Waals surface area (Å²) in [5.41, 5.74) is -1.05. The second-order valence-electron chi connectivity index (χ2n) is 8.56. The predicted octanol–water partition coefficient (Wildman–Crippen LogP) is 7.68. The summed E-state index contributed by atoms with van der Waals surface area (Å²) in [5.74, 6) is -1.80. The number of aromatic nitrogens is 1. The number of hydrogen-bond donors (Lipinski definition) is 0. The Labute approximate surface area is 220 Å². The summed E-state index contributed by atoms with van der Waals surface area (Å²) < 4.78 is 70.5. The Morgan fingerprint density at radius 2 is 1.68 bits per heavy atom. The van der Waals surface area contributed by atoms with E-state index in [1.807, 2.05) is 25.3 Å². The van der Waals surface area contributed by atoms with Crippen LogP contribution in [0.2, 0.25) is 0 Å². The van der Waals surface area contributed by atoms with Crippen LogP contribution in [0.4, 0.5) is 22.0 Å². The summed E-state index contributed by atoms with van der Waals surface area (Å²) in [6, 6.07) is 17.5. The maximum absolute atomic E-state index is 14.5. The summed E-state index contributed by atoms with van der Waals surface area (Å²) in [6.45, 7) is 1.52. The van der Waals surface area contributed by atoms with Crippen LogP contribution in [0.1, 0.15) is 29.2 Å². The molecule has 0 aliphatic carbocycles. The zero-order valence-corrected chi connectivity index (χ0v) is 21.2. The minimum atomic E-state index is -4.97. The number of nitriles is 1. The van der Waals surface area contributed by atoms with Crippen LogP contribution in [0.3, 0.4) is 0 Å². The average molecular weight is 541 g/mol. The van der Waals surface area contributed by atoms with Gasteiger partial charge in [-0.15, -0.1) is 11.8 Å². The first-order valence-electron chi connectivity index (χ1n) is 11.5. The van der Waals surface area contributed by atoms with Crippen LogP contribution in [0, 0.1) is 23.0 Å². The Morgan fingerprint density at radius 1 is 0.947 bits per heavy atom. The van der Waals surface area contributed by atoms with Crippen molar-refractivity contribution in [1.82, 2.24) is 4.57 Å². The van der Waals surface area contributed by atoms with Gasteiger partial charge >= 0.3 is 6.18 Å². The number of hydrogen-bond acceptors (Lipinski definition) is 3. The van der Waals surface area contributed by atoms with Crippen molar-refractivity contribution in [2.24, 2.45) is 0 Å². The van der Waals surface area contributed by atoms with Crippen molar-refractivity contribution < 1.29 is 22.0 Å². The van der Waals surface area contributed by atoms with Crippen LogP contribution in [0.25, 0.3) is 22.4 Å². The number of halogens is 5. The van der Waals surface area contributed by atoms with Crippen LogP contribution >= 0.6 is 11.8 Å². The van der Waals surface area contributed by atoms with E-state index in [9.17, 15) is 32.0 Å². The summed E-state index contributed by atoms with van der Waals surface area (Å²) in [5, 5.41) is 9.41. The van der Waals surface area contributed by atoms with Crippen molar-refractivity contribution in [3.63, 3.8) is 0 Å². The predicted molar refractivity (Wildman–Crippen MR) is 138 cm³/mol. The van der Waals surface area contributed by atoms with Crippen molar-refractivity contribution in [1.29, 1.82) is 5.26 Å². The van der Waals surface area contributed by atoms with E-state index < -0.39 is 41.0 Å². The monoisotopic (exact) mass is 540 g/mol. The van der Waals surface area contributed by atoms with Gasteiger partial charge in [-0.05, 0) is 65.3 Å². The number of thioether (sulfide) groups is 1. The third kappa shape index (κ3) is 5.50. The summed E-state index contributed by atoms with van der Waals surface area (Å²) >= 11 is 1.56. The molecule has 9 heteroatoms. The molecule has 0 N–H and O–H groups in total. The topological polar surface area (TPSA) is 45.8 Å². The van der Waals surface area contributed by atoms with Gasteiger partial charge in [0.2, 0.25) is 0 Å². The van der Waals surface area contributed by atoms with Crippen LogP contribution in [0.15, 0.2) is 76.4 Å². The van der Waals surface area contributed by atoms with Gasteiger partial charge in [0, 0.05) is 16.5 Å². The largest absolute Gasteiger partial charge is 0.417 e. The molecule has 1 aromatic heterocycles. The first-order chi connectivity index (χ1) is 18.0. The molecule has 0 amide bonds. The molecule has 0 fully saturated rings. The molecule has 0 radical (unpaired) electrons. The molecule has 0 bridgehead atoms. The molecule has 4 rings (SSSR count). The van der Waals surface area contributed by atoms with E-state index in [1.54, 1.807) is 36.0 Å². The SMILES string of the molecule is CCc1cc(SC)cc(-c2cccc(-c3cc(C(F)(F)F)c(C#N)c(=O)n3Cc3ccc(F)cc3F)c2)c1. The molecule has 0 saturated heterocycles. The van der Waals surface area contributed by atoms with E-state index in [4.69, 9.17) is 0 Å². The Morgan fingerprint density at radius 3 is 2.32 bits per heavy atom. The lowest BCUT2D eigenvalue weighted by atomic mass is 9.97. The quantitative estimate of drug-likeness (QED) is 0.186. The smallest absolute Gasteiger partial charge is 0.303 e. The van der Waals surface area contributed by atoms with Gasteiger partial charge in [0.15, 0.2) is 0 Å². The second-order valence-corrected chi connectivity index (χ2v) is 9.44. The van der Waals surface area contributed by atoms with Gasteiger partial charge < -0.3 is 4.57 Å². The lowest BCUT2D eigenvalue weighted by molar-refractivity contribution is -0.137. The Balaban J connectivity index is 1.97. The molecule has 0 aliphatic rings. The highest BCUT2D eigenvalue weighted by Crippen LogP contribution is 2.35. The van der Waals surface area contributed by atoms with Gasteiger partial charge in [-0.1, -0.05) is 37.3 Å². The number of pyridine rings is 1. The Hall–Kier alpha value is -3.90. The first kappa shape index (κ1) is 27.1. The first-order valence-corrected chi connectivity index (χ1v) is 12.8. The normalized spacial score (nSPS) is 11.4. The Kier molecular flexibility index (Phi) is 7.74. The zero-order valence-electron chi connectivity index (χ0n) is 20.4. The highest BCUT2D eigenvalue weighted by Gasteiger charge is 2.36. The summed E-state index contributed by atoms with van der Waals surface area (Å²) in [6.07, 6.45) is -2.24. The number of rotatable bonds is 6. The van der Waals surface area contributed by atoms with Gasteiger partial charge in [-0.3, -0.25) is 4.79 Å². The maximum Gasteiger partial charge on any atom is 0.417 e. The van der Waals surface area contributed by atoms with Crippen molar-refractivity contribution in [2.75, 3.05) is 6.26 Å². The van der Waals surface area contributed by atoms with Gasteiger partial charge in [0.25, 0.3) is 5.56 Å². The molecular weight excluding hydrogens is 519 g/mol. The minimum absolute atomic E-state index is 0.116. The molecule has 0 aliphatic heterocycles. The number of aryl methyl sites for hydroxylation is 1. The van der Waals surface area contributed by atoms with Crippen molar-refractivity contribution in [3.8, 4) is 28.5 Å². The number of alkyl halides is 3. The fraction of sp³-hybridized carbons (Fsp3) is 0.172. The van der Waals surface area contributed by atoms with E-state index in [-0.39, 0.29) is 16.8 Å². The van der Waals surface area contributed by atoms with Gasteiger partial charge in [0.1, 0.15) is 23.3 Å². The van der Waals surface area contributed by atoms with Crippen LogP contribution < -0.4 is 5.56 Å². The van der Waals surface area contributed by atoms with Crippen molar-refractivity contribution in [3.05, 3.63) is 111 Å². The highest BCUT2D eigenvalue weighted by molar-refractivity contribution is 7.98. The molecule has 0 unspecified atom stereocenters. The van der Waals surface area contributed by atoms with E-state index in [2.05, 4.69) is 6.07 Å². The van der Waals surface area contributed by atoms with Crippen LogP contribution in [-0.2, 0) is 19.1 Å². The van der Waals surface area contributed by atoms with E-state index in [0.29, 0.717) is 11.6 Å². The molecule has 0 atom stereocenters. The average Bonchev–Trinajstić information content (AvgIpc) is 2.89. The zero-order chi connectivity index (χ0) is 27.6. The summed E-state index contributed by atoms with van der Waals surface area (Å²) in [7, 11) is 0. The standard InChI is InChI=1S/C29H21F5N2OS/c1-3-17-9-21(12-23(10-17)38-2)18-5-4-6-19(11-18)27-14-25(29(32,33)34)24(15-35)28(37)36(27)16-20-7-8-22(30)13-26(20)31/h4-14H,3,16H2,1-2H3. The van der Waals surface area contributed by atoms with Crippen molar-refractivity contribution >= 4 is 11.8 Å². The molecule has 0 spiro atoms. The van der Waals surface area contributed by atoms with E-state index in [0.717, 1.165) is 45.2 Å². The fourth-order valence-electron chi connectivity index (χ4n) is 4.20. The van der Waals surface area contributed by atoms with Crippen molar-refractivity contribution in [2.45, 2.75) is 31.0 Å². The molecule has 38 heavy (non-hydrogen) atoms. The molecule has 194 valence electrons. The number of nitrogens with zero attached hydrogens (tertiary/aromatic N) is 2. The lowest BCUT2D eigenvalue weighted by Crippen LogP contribution is -2.29. The van der Waals surface area contributed by atoms with Crippen LogP contribution in [0.5, 0.6) is 0 Å².